The first kappa shape index (κ1) is 30.3. The summed E-state index contributed by atoms with van der Waals surface area (Å²) in [6.45, 7) is 4.72. The van der Waals surface area contributed by atoms with E-state index in [1.807, 2.05) is 30.6 Å². The molecule has 1 aliphatic carbocycles. The van der Waals surface area contributed by atoms with E-state index in [0.29, 0.717) is 0 Å². The van der Waals surface area contributed by atoms with E-state index in [9.17, 15) is 0 Å². The number of hydrogen-bond acceptors (Lipinski definition) is 2. The molecule has 0 aliphatic heterocycles. The van der Waals surface area contributed by atoms with Crippen LogP contribution in [0, 0.1) is 0 Å². The summed E-state index contributed by atoms with van der Waals surface area (Å²) in [5.74, 6) is 0. The molecule has 3 heteroatoms. The lowest BCUT2D eigenvalue weighted by Crippen LogP contribution is -2.15. The fourth-order valence-corrected chi connectivity index (χ4v) is 8.18. The Morgan fingerprint density at radius 2 is 0.923 bits per heavy atom. The molecule has 0 N–H and O–H groups in total. The Labute approximate surface area is 303 Å². The minimum atomic E-state index is -0.126. The quantitative estimate of drug-likeness (QED) is 0.183. The number of pyridine rings is 2. The number of aromatic nitrogens is 3. The zero-order valence-electron chi connectivity index (χ0n) is 29.1. The van der Waals surface area contributed by atoms with Crippen molar-refractivity contribution in [3.05, 3.63) is 187 Å². The van der Waals surface area contributed by atoms with Crippen molar-refractivity contribution in [2.75, 3.05) is 0 Å². The highest BCUT2D eigenvalue weighted by Crippen LogP contribution is 2.50. The highest BCUT2D eigenvalue weighted by molar-refractivity contribution is 6.09. The van der Waals surface area contributed by atoms with Crippen LogP contribution >= 0.6 is 0 Å². The maximum absolute atomic E-state index is 4.74. The second-order valence-corrected chi connectivity index (χ2v) is 14.3. The summed E-state index contributed by atoms with van der Waals surface area (Å²) in [5.41, 5.74) is 17.8. The molecular formula is C49H35N3. The molecule has 0 unspecified atom stereocenters. The predicted octanol–water partition coefficient (Wildman–Crippen LogP) is 12.5. The summed E-state index contributed by atoms with van der Waals surface area (Å²) in [4.78, 5) is 9.19. The number of nitrogens with zero attached hydrogens (tertiary/aromatic N) is 3. The lowest BCUT2D eigenvalue weighted by Gasteiger charge is -2.22. The lowest BCUT2D eigenvalue weighted by atomic mass is 9.81. The van der Waals surface area contributed by atoms with Gasteiger partial charge in [-0.1, -0.05) is 117 Å². The van der Waals surface area contributed by atoms with Gasteiger partial charge < -0.3 is 4.57 Å². The van der Waals surface area contributed by atoms with E-state index in [2.05, 4.69) is 169 Å². The standard InChI is InChI=1S/C49H35N3/c1-49(2)43-29-35(32-14-16-34(17-15-32)46-27-22-37(31-51-46)45-11-7-8-28-50-45)20-25-39(43)40-26-21-36(30-44(40)49)33-18-23-38(24-19-33)52-47-12-5-3-9-41(47)42-10-4-6-13-48(42)52/h3-31H,1-2H3. The maximum atomic E-state index is 4.74. The monoisotopic (exact) mass is 665 g/mol. The largest absolute Gasteiger partial charge is 0.309 e. The molecule has 52 heavy (non-hydrogen) atoms. The van der Waals surface area contributed by atoms with E-state index in [1.54, 1.807) is 0 Å². The van der Waals surface area contributed by atoms with Crippen LogP contribution in [0.4, 0.5) is 0 Å². The highest BCUT2D eigenvalue weighted by Gasteiger charge is 2.36. The molecule has 0 fully saturated rings. The molecular weight excluding hydrogens is 631 g/mol. The highest BCUT2D eigenvalue weighted by atomic mass is 15.0. The predicted molar refractivity (Wildman–Crippen MR) is 216 cm³/mol. The van der Waals surface area contributed by atoms with Crippen LogP contribution in [0.5, 0.6) is 0 Å². The molecule has 3 aromatic heterocycles. The van der Waals surface area contributed by atoms with E-state index < -0.39 is 0 Å². The van der Waals surface area contributed by atoms with Crippen molar-refractivity contribution in [3.8, 4) is 61.6 Å². The molecule has 1 aliphatic rings. The van der Waals surface area contributed by atoms with Crippen molar-refractivity contribution in [2.24, 2.45) is 0 Å². The fourth-order valence-electron chi connectivity index (χ4n) is 8.18. The molecule has 6 aromatic carbocycles. The minimum Gasteiger partial charge on any atom is -0.309 e. The molecule has 0 saturated heterocycles. The van der Waals surface area contributed by atoms with E-state index in [0.717, 1.165) is 22.5 Å². The van der Waals surface area contributed by atoms with E-state index in [4.69, 9.17) is 4.98 Å². The van der Waals surface area contributed by atoms with Crippen LogP contribution in [0.25, 0.3) is 83.4 Å². The molecule has 0 radical (unpaired) electrons. The van der Waals surface area contributed by atoms with Gasteiger partial charge >= 0.3 is 0 Å². The third-order valence-electron chi connectivity index (χ3n) is 11.0. The average molecular weight is 666 g/mol. The van der Waals surface area contributed by atoms with Gasteiger partial charge in [-0.2, -0.15) is 0 Å². The van der Waals surface area contributed by atoms with E-state index in [-0.39, 0.29) is 5.41 Å². The summed E-state index contributed by atoms with van der Waals surface area (Å²) in [6.07, 6.45) is 3.71. The Morgan fingerprint density at radius 1 is 0.423 bits per heavy atom. The zero-order chi connectivity index (χ0) is 34.8. The number of hydrogen-bond donors (Lipinski definition) is 0. The van der Waals surface area contributed by atoms with Crippen molar-refractivity contribution in [2.45, 2.75) is 19.3 Å². The van der Waals surface area contributed by atoms with Gasteiger partial charge in [-0.15, -0.1) is 0 Å². The molecule has 9 aromatic rings. The number of rotatable bonds is 5. The summed E-state index contributed by atoms with van der Waals surface area (Å²) in [7, 11) is 0. The Hall–Kier alpha value is -6.58. The SMILES string of the molecule is CC1(C)c2cc(-c3ccc(-c4ccc(-c5ccccn5)cn4)cc3)ccc2-c2ccc(-c3ccc(-n4c5ccccc5c5ccccc54)cc3)cc21. The van der Waals surface area contributed by atoms with Gasteiger partial charge in [-0.3, -0.25) is 9.97 Å². The molecule has 3 nitrogen and oxygen atoms in total. The molecule has 0 bridgehead atoms. The van der Waals surface area contributed by atoms with Crippen LogP contribution in [-0.2, 0) is 5.41 Å². The second-order valence-electron chi connectivity index (χ2n) is 14.3. The summed E-state index contributed by atoms with van der Waals surface area (Å²) < 4.78 is 2.38. The van der Waals surface area contributed by atoms with Gasteiger partial charge in [-0.05, 0) is 105 Å². The Balaban J connectivity index is 0.929. The number of para-hydroxylation sites is 2. The molecule has 0 saturated carbocycles. The van der Waals surface area contributed by atoms with Crippen molar-refractivity contribution < 1.29 is 0 Å². The molecule has 246 valence electrons. The van der Waals surface area contributed by atoms with E-state index in [1.165, 1.54) is 72.0 Å². The first-order valence-electron chi connectivity index (χ1n) is 17.9. The summed E-state index contributed by atoms with van der Waals surface area (Å²) >= 11 is 0. The van der Waals surface area contributed by atoms with Crippen molar-refractivity contribution in [1.29, 1.82) is 0 Å². The molecule has 10 rings (SSSR count). The smallest absolute Gasteiger partial charge is 0.0717 e. The number of fused-ring (bicyclic) bond motifs is 6. The van der Waals surface area contributed by atoms with Crippen molar-refractivity contribution in [1.82, 2.24) is 14.5 Å². The van der Waals surface area contributed by atoms with Crippen LogP contribution in [0.1, 0.15) is 25.0 Å². The van der Waals surface area contributed by atoms with Crippen LogP contribution in [0.15, 0.2) is 176 Å². The topological polar surface area (TPSA) is 30.7 Å². The fraction of sp³-hybridized carbons (Fsp3) is 0.0612. The summed E-state index contributed by atoms with van der Waals surface area (Å²) in [6, 6.07) is 59.2. The number of benzene rings is 6. The third kappa shape index (κ3) is 4.81. The second kappa shape index (κ2) is 11.8. The van der Waals surface area contributed by atoms with Crippen LogP contribution < -0.4 is 0 Å². The van der Waals surface area contributed by atoms with Gasteiger partial charge in [0.1, 0.15) is 0 Å². The minimum absolute atomic E-state index is 0.126. The van der Waals surface area contributed by atoms with Crippen LogP contribution in [0.2, 0.25) is 0 Å². The molecule has 3 heterocycles. The summed E-state index contributed by atoms with van der Waals surface area (Å²) in [5, 5.41) is 2.56. The van der Waals surface area contributed by atoms with Gasteiger partial charge in [0.15, 0.2) is 0 Å². The normalized spacial score (nSPS) is 13.0. The van der Waals surface area contributed by atoms with E-state index >= 15 is 0 Å². The van der Waals surface area contributed by atoms with Gasteiger partial charge in [-0.25, -0.2) is 0 Å². The molecule has 0 spiro atoms. The van der Waals surface area contributed by atoms with Gasteiger partial charge in [0.25, 0.3) is 0 Å². The third-order valence-corrected chi connectivity index (χ3v) is 11.0. The van der Waals surface area contributed by atoms with Crippen LogP contribution in [0.3, 0.4) is 0 Å². The lowest BCUT2D eigenvalue weighted by molar-refractivity contribution is 0.661. The first-order valence-corrected chi connectivity index (χ1v) is 17.9. The van der Waals surface area contributed by atoms with Crippen LogP contribution in [-0.4, -0.2) is 14.5 Å². The van der Waals surface area contributed by atoms with Crippen molar-refractivity contribution >= 4 is 21.8 Å². The molecule has 0 amide bonds. The first-order chi connectivity index (χ1) is 25.5. The van der Waals surface area contributed by atoms with Crippen molar-refractivity contribution in [3.63, 3.8) is 0 Å². The van der Waals surface area contributed by atoms with Gasteiger partial charge in [0.2, 0.25) is 0 Å². The maximum Gasteiger partial charge on any atom is 0.0717 e. The van der Waals surface area contributed by atoms with Gasteiger partial charge in [0.05, 0.1) is 22.4 Å². The van der Waals surface area contributed by atoms with Gasteiger partial charge in [0, 0.05) is 45.4 Å². The average Bonchev–Trinajstić information content (AvgIpc) is 3.66. The zero-order valence-corrected chi connectivity index (χ0v) is 29.1. The molecule has 0 atom stereocenters. The Morgan fingerprint density at radius 3 is 1.48 bits per heavy atom. The Bertz CT molecular complexity index is 2720. The Kier molecular flexibility index (Phi) is 6.84.